The van der Waals surface area contributed by atoms with Crippen LogP contribution in [-0.4, -0.2) is 31.5 Å². The standard InChI is InChI=1S/C11H9Br2NO3S/c12-8-3-7(11(15)10(13)4-8)5-14-9-1-2-18(16,17)6-9/h1-5,9,15H,6H2/t9-/m1/s1. The number of phenolic OH excluding ortho intramolecular Hbond substituents is 1. The summed E-state index contributed by atoms with van der Waals surface area (Å²) in [5.74, 6) is 0.0613. The minimum atomic E-state index is -3.10. The van der Waals surface area contributed by atoms with Gasteiger partial charge in [-0.1, -0.05) is 15.9 Å². The molecule has 4 nitrogen and oxygen atoms in total. The molecule has 0 saturated heterocycles. The van der Waals surface area contributed by atoms with Crippen molar-refractivity contribution < 1.29 is 13.5 Å². The van der Waals surface area contributed by atoms with Crippen LogP contribution >= 0.6 is 31.9 Å². The predicted molar refractivity (Wildman–Crippen MR) is 77.8 cm³/mol. The third kappa shape index (κ3) is 3.21. The number of nitrogens with zero attached hydrogens (tertiary/aromatic N) is 1. The topological polar surface area (TPSA) is 66.7 Å². The molecule has 2 rings (SSSR count). The van der Waals surface area contributed by atoms with Gasteiger partial charge in [-0.05, 0) is 34.1 Å². The lowest BCUT2D eigenvalue weighted by Crippen LogP contribution is -2.08. The minimum absolute atomic E-state index is 0.0144. The summed E-state index contributed by atoms with van der Waals surface area (Å²) < 4.78 is 23.7. The zero-order chi connectivity index (χ0) is 13.3. The van der Waals surface area contributed by atoms with Gasteiger partial charge in [0.25, 0.3) is 0 Å². The van der Waals surface area contributed by atoms with E-state index in [4.69, 9.17) is 0 Å². The first-order valence-corrected chi connectivity index (χ1v) is 8.30. The molecule has 0 spiro atoms. The van der Waals surface area contributed by atoms with Crippen LogP contribution in [0.15, 0.2) is 37.6 Å². The van der Waals surface area contributed by atoms with Crippen molar-refractivity contribution in [2.75, 3.05) is 5.75 Å². The van der Waals surface area contributed by atoms with Gasteiger partial charge in [0.2, 0.25) is 0 Å². The number of hydrogen-bond acceptors (Lipinski definition) is 4. The monoisotopic (exact) mass is 393 g/mol. The average Bonchev–Trinajstić information content (AvgIpc) is 2.61. The van der Waals surface area contributed by atoms with Crippen molar-refractivity contribution >= 4 is 47.9 Å². The normalized spacial score (nSPS) is 21.8. The highest BCUT2D eigenvalue weighted by Crippen LogP contribution is 2.30. The Morgan fingerprint density at radius 3 is 2.72 bits per heavy atom. The van der Waals surface area contributed by atoms with Gasteiger partial charge in [-0.25, -0.2) is 8.42 Å². The molecule has 18 heavy (non-hydrogen) atoms. The second kappa shape index (κ2) is 5.14. The molecule has 1 heterocycles. The van der Waals surface area contributed by atoms with Crippen molar-refractivity contribution in [2.45, 2.75) is 6.04 Å². The number of benzene rings is 1. The summed E-state index contributed by atoms with van der Waals surface area (Å²) >= 11 is 6.52. The maximum atomic E-state index is 11.2. The Bertz CT molecular complexity index is 638. The van der Waals surface area contributed by atoms with E-state index in [2.05, 4.69) is 36.9 Å². The molecule has 0 saturated carbocycles. The Hall–Kier alpha value is -0.660. The molecule has 96 valence electrons. The highest BCUT2D eigenvalue weighted by molar-refractivity contribution is 9.11. The molecule has 1 aromatic rings. The van der Waals surface area contributed by atoms with Crippen molar-refractivity contribution in [1.82, 2.24) is 0 Å². The molecule has 0 aliphatic carbocycles. The Balaban J connectivity index is 2.23. The number of phenols is 1. The second-order valence-corrected chi connectivity index (χ2v) is 7.53. The number of hydrogen-bond donors (Lipinski definition) is 1. The van der Waals surface area contributed by atoms with E-state index in [-0.39, 0.29) is 17.5 Å². The predicted octanol–water partition coefficient (Wildman–Crippen LogP) is 2.65. The number of sulfone groups is 1. The van der Waals surface area contributed by atoms with Crippen molar-refractivity contribution in [3.63, 3.8) is 0 Å². The van der Waals surface area contributed by atoms with Crippen molar-refractivity contribution in [3.05, 3.63) is 38.1 Å². The van der Waals surface area contributed by atoms with Crippen LogP contribution in [0.25, 0.3) is 0 Å². The highest BCUT2D eigenvalue weighted by Gasteiger charge is 2.20. The lowest BCUT2D eigenvalue weighted by molar-refractivity contribution is 0.471. The summed E-state index contributed by atoms with van der Waals surface area (Å²) in [6, 6.07) is 3.04. The van der Waals surface area contributed by atoms with Crippen molar-refractivity contribution in [1.29, 1.82) is 0 Å². The molecule has 1 aromatic carbocycles. The van der Waals surface area contributed by atoms with E-state index in [9.17, 15) is 13.5 Å². The van der Waals surface area contributed by atoms with Crippen LogP contribution in [0.1, 0.15) is 5.56 Å². The van der Waals surface area contributed by atoms with Gasteiger partial charge in [0.1, 0.15) is 5.75 Å². The first-order valence-electron chi connectivity index (χ1n) is 4.99. The number of aliphatic imine (C=N–C) groups is 1. The first kappa shape index (κ1) is 13.8. The zero-order valence-electron chi connectivity index (χ0n) is 9.05. The number of rotatable bonds is 2. The maximum Gasteiger partial charge on any atom is 0.173 e. The average molecular weight is 395 g/mol. The molecule has 1 aliphatic rings. The van der Waals surface area contributed by atoms with Crippen molar-refractivity contribution in [3.8, 4) is 5.75 Å². The molecule has 0 radical (unpaired) electrons. The molecule has 7 heteroatoms. The van der Waals surface area contributed by atoms with Crippen LogP contribution in [0.5, 0.6) is 5.75 Å². The Morgan fingerprint density at radius 1 is 1.39 bits per heavy atom. The maximum absolute atomic E-state index is 11.2. The summed E-state index contributed by atoms with van der Waals surface area (Å²) in [7, 11) is -3.10. The van der Waals surface area contributed by atoms with E-state index in [1.54, 1.807) is 12.1 Å². The summed E-state index contributed by atoms with van der Waals surface area (Å²) in [5.41, 5.74) is 0.522. The van der Waals surface area contributed by atoms with Crippen LogP contribution < -0.4 is 0 Å². The summed E-state index contributed by atoms with van der Waals surface area (Å²) in [5, 5.41) is 11.0. The first-order chi connectivity index (χ1) is 8.37. The fraction of sp³-hybridized carbons (Fsp3) is 0.182. The summed E-state index contributed by atoms with van der Waals surface area (Å²) in [4.78, 5) is 4.14. The molecule has 0 bridgehead atoms. The minimum Gasteiger partial charge on any atom is -0.506 e. The van der Waals surface area contributed by atoms with E-state index in [0.717, 1.165) is 4.47 Å². The largest absolute Gasteiger partial charge is 0.506 e. The SMILES string of the molecule is O=S1(=O)C=C[C@@H](N=Cc2cc(Br)cc(Br)c2O)C1. The van der Waals surface area contributed by atoms with Crippen LogP contribution in [0.3, 0.4) is 0 Å². The van der Waals surface area contributed by atoms with E-state index in [0.29, 0.717) is 10.0 Å². The van der Waals surface area contributed by atoms with E-state index in [1.807, 2.05) is 0 Å². The smallest absolute Gasteiger partial charge is 0.173 e. The van der Waals surface area contributed by atoms with Crippen LogP contribution in [-0.2, 0) is 9.84 Å². The third-order valence-corrected chi connectivity index (χ3v) is 4.81. The highest BCUT2D eigenvalue weighted by atomic mass is 79.9. The molecule has 0 unspecified atom stereocenters. The van der Waals surface area contributed by atoms with Gasteiger partial charge in [-0.2, -0.15) is 0 Å². The molecule has 0 amide bonds. The second-order valence-electron chi connectivity index (χ2n) is 3.83. The van der Waals surface area contributed by atoms with E-state index < -0.39 is 9.84 Å². The van der Waals surface area contributed by atoms with Crippen molar-refractivity contribution in [2.24, 2.45) is 4.99 Å². The molecule has 0 fully saturated rings. The van der Waals surface area contributed by atoms with E-state index >= 15 is 0 Å². The summed E-state index contributed by atoms with van der Waals surface area (Å²) in [6.45, 7) is 0. The fourth-order valence-corrected chi connectivity index (χ4v) is 3.98. The lowest BCUT2D eigenvalue weighted by atomic mass is 10.2. The Kier molecular flexibility index (Phi) is 3.93. The van der Waals surface area contributed by atoms with Crippen LogP contribution in [0.2, 0.25) is 0 Å². The zero-order valence-corrected chi connectivity index (χ0v) is 13.0. The van der Waals surface area contributed by atoms with Gasteiger partial charge < -0.3 is 5.11 Å². The molecule has 0 aromatic heterocycles. The van der Waals surface area contributed by atoms with Gasteiger partial charge in [0.05, 0.1) is 16.3 Å². The quantitative estimate of drug-likeness (QED) is 0.784. The van der Waals surface area contributed by atoms with Gasteiger partial charge in [0.15, 0.2) is 9.84 Å². The van der Waals surface area contributed by atoms with Crippen LogP contribution in [0, 0.1) is 0 Å². The summed E-state index contributed by atoms with van der Waals surface area (Å²) in [6.07, 6.45) is 3.01. The van der Waals surface area contributed by atoms with Gasteiger partial charge in [-0.3, -0.25) is 4.99 Å². The molecule has 1 aliphatic heterocycles. The molecule has 1 atom stereocenters. The lowest BCUT2D eigenvalue weighted by Gasteiger charge is -2.04. The Labute approximate surface area is 122 Å². The van der Waals surface area contributed by atoms with Gasteiger partial charge in [0, 0.05) is 21.7 Å². The molecular weight excluding hydrogens is 386 g/mol. The molecular formula is C11H9Br2NO3S. The third-order valence-electron chi connectivity index (χ3n) is 2.37. The fourth-order valence-electron chi connectivity index (χ4n) is 1.51. The van der Waals surface area contributed by atoms with Crippen LogP contribution in [0.4, 0.5) is 0 Å². The van der Waals surface area contributed by atoms with E-state index in [1.165, 1.54) is 17.7 Å². The number of aromatic hydroxyl groups is 1. The van der Waals surface area contributed by atoms with Gasteiger partial charge in [-0.15, -0.1) is 0 Å². The van der Waals surface area contributed by atoms with Gasteiger partial charge >= 0.3 is 0 Å². The number of halogens is 2. The Morgan fingerprint density at radius 2 is 2.11 bits per heavy atom. The molecule has 1 N–H and O–H groups in total.